The Morgan fingerprint density at radius 2 is 2.16 bits per heavy atom. The van der Waals surface area contributed by atoms with Crippen molar-refractivity contribution in [2.75, 3.05) is 13.7 Å². The molecule has 1 aliphatic heterocycles. The van der Waals surface area contributed by atoms with E-state index in [0.717, 1.165) is 20.5 Å². The minimum absolute atomic E-state index is 0.0321. The van der Waals surface area contributed by atoms with Gasteiger partial charge in [0.25, 0.3) is 10.0 Å². The first-order valence-electron chi connectivity index (χ1n) is 7.72. The van der Waals surface area contributed by atoms with Crippen LogP contribution in [0.15, 0.2) is 40.7 Å². The normalized spacial score (nSPS) is 21.8. The second kappa shape index (κ2) is 7.20. The van der Waals surface area contributed by atoms with E-state index >= 15 is 0 Å². The molecule has 0 radical (unpaired) electrons. The lowest BCUT2D eigenvalue weighted by Crippen LogP contribution is -2.51. The van der Waals surface area contributed by atoms with Gasteiger partial charge in [0.15, 0.2) is 0 Å². The first-order chi connectivity index (χ1) is 11.9. The van der Waals surface area contributed by atoms with Gasteiger partial charge in [-0.1, -0.05) is 6.07 Å². The Hall–Kier alpha value is -1.81. The number of carbonyl (C=O) groups is 1. The van der Waals surface area contributed by atoms with Gasteiger partial charge in [0, 0.05) is 19.2 Å². The molecular formula is C16H18N2O5S2. The van der Waals surface area contributed by atoms with Crippen LogP contribution in [-0.4, -0.2) is 54.6 Å². The molecular weight excluding hydrogens is 364 g/mol. The molecule has 7 nitrogen and oxygen atoms in total. The van der Waals surface area contributed by atoms with Gasteiger partial charge >= 0.3 is 5.97 Å². The van der Waals surface area contributed by atoms with Crippen molar-refractivity contribution in [3.05, 3.63) is 36.5 Å². The number of methoxy groups -OCH3 is 1. The van der Waals surface area contributed by atoms with Gasteiger partial charge in [0.05, 0.1) is 23.8 Å². The summed E-state index contributed by atoms with van der Waals surface area (Å²) in [5, 5.41) is 9.80. The fourth-order valence-corrected chi connectivity index (χ4v) is 5.80. The second-order valence-corrected chi connectivity index (χ2v) is 8.87. The Kier molecular flexibility index (Phi) is 5.19. The Morgan fingerprint density at radius 3 is 2.84 bits per heavy atom. The summed E-state index contributed by atoms with van der Waals surface area (Å²) in [4.78, 5) is 16.9. The van der Waals surface area contributed by atoms with Crippen LogP contribution in [0.3, 0.4) is 0 Å². The van der Waals surface area contributed by atoms with Crippen LogP contribution < -0.4 is 0 Å². The predicted molar refractivity (Wildman–Crippen MR) is 92.5 cm³/mol. The molecule has 2 aromatic heterocycles. The predicted octanol–water partition coefficient (Wildman–Crippen LogP) is 1.50. The minimum atomic E-state index is -3.86. The number of sulfonamides is 1. The molecule has 1 N–H and O–H groups in total. The van der Waals surface area contributed by atoms with Crippen molar-refractivity contribution in [1.82, 2.24) is 9.29 Å². The SMILES string of the molecule is COC(=O)[C@@H]1C[C@H](O)CCN1S(=O)(=O)c1ccc(-c2ccccn2)s1. The van der Waals surface area contributed by atoms with Crippen molar-refractivity contribution in [2.24, 2.45) is 0 Å². The first kappa shape index (κ1) is 18.0. The molecule has 1 saturated heterocycles. The Morgan fingerprint density at radius 1 is 1.36 bits per heavy atom. The quantitative estimate of drug-likeness (QED) is 0.805. The largest absolute Gasteiger partial charge is 0.468 e. The molecule has 0 unspecified atom stereocenters. The van der Waals surface area contributed by atoms with Crippen LogP contribution in [0, 0.1) is 0 Å². The number of rotatable bonds is 4. The molecule has 0 aromatic carbocycles. The van der Waals surface area contributed by atoms with Gasteiger partial charge in [-0.3, -0.25) is 9.78 Å². The van der Waals surface area contributed by atoms with E-state index in [1.165, 1.54) is 13.2 Å². The smallest absolute Gasteiger partial charge is 0.324 e. The van der Waals surface area contributed by atoms with Gasteiger partial charge in [-0.15, -0.1) is 11.3 Å². The van der Waals surface area contributed by atoms with E-state index in [1.807, 2.05) is 6.07 Å². The van der Waals surface area contributed by atoms with E-state index in [1.54, 1.807) is 24.4 Å². The van der Waals surface area contributed by atoms with E-state index in [0.29, 0.717) is 5.69 Å². The summed E-state index contributed by atoms with van der Waals surface area (Å²) in [7, 11) is -2.66. The van der Waals surface area contributed by atoms with E-state index in [9.17, 15) is 18.3 Å². The number of aliphatic hydroxyl groups excluding tert-OH is 1. The zero-order valence-corrected chi connectivity index (χ0v) is 15.2. The summed E-state index contributed by atoms with van der Waals surface area (Å²) in [6.45, 7) is 0.0695. The molecule has 0 amide bonds. The average Bonchev–Trinajstić information content (AvgIpc) is 3.12. The summed E-state index contributed by atoms with van der Waals surface area (Å²) in [6, 6.07) is 7.62. The maximum absolute atomic E-state index is 13.0. The number of aromatic nitrogens is 1. The second-order valence-electron chi connectivity index (χ2n) is 5.67. The molecule has 2 aromatic rings. The molecule has 9 heteroatoms. The topological polar surface area (TPSA) is 96.8 Å². The standard InChI is InChI=1S/C16H18N2O5S2/c1-23-16(20)13-10-11(19)7-9-18(13)25(21,22)15-6-5-14(24-15)12-4-2-3-8-17-12/h2-6,8,11,13,19H,7,9-10H2,1H3/t11-,13+/m1/s1. The maximum atomic E-state index is 13.0. The Balaban J connectivity index is 1.93. The van der Waals surface area contributed by atoms with Gasteiger partial charge in [-0.05, 0) is 30.7 Å². The highest BCUT2D eigenvalue weighted by Gasteiger charge is 2.41. The van der Waals surface area contributed by atoms with Crippen molar-refractivity contribution in [1.29, 1.82) is 0 Å². The molecule has 3 heterocycles. The van der Waals surface area contributed by atoms with Crippen LogP contribution in [0.2, 0.25) is 0 Å². The zero-order chi connectivity index (χ0) is 18.0. The van der Waals surface area contributed by atoms with Gasteiger partial charge < -0.3 is 9.84 Å². The first-order valence-corrected chi connectivity index (χ1v) is 9.98. The lowest BCUT2D eigenvalue weighted by Gasteiger charge is -2.34. The number of carbonyl (C=O) groups excluding carboxylic acids is 1. The fourth-order valence-electron chi connectivity index (χ4n) is 2.78. The third-order valence-corrected chi connectivity index (χ3v) is 7.54. The number of nitrogens with zero attached hydrogens (tertiary/aromatic N) is 2. The maximum Gasteiger partial charge on any atom is 0.324 e. The number of pyridine rings is 1. The van der Waals surface area contributed by atoms with Crippen LogP contribution in [-0.2, 0) is 19.6 Å². The lowest BCUT2D eigenvalue weighted by molar-refractivity contribution is -0.147. The van der Waals surface area contributed by atoms with Crippen LogP contribution in [0.4, 0.5) is 0 Å². The van der Waals surface area contributed by atoms with Gasteiger partial charge in [-0.2, -0.15) is 4.31 Å². The fraction of sp³-hybridized carbons (Fsp3) is 0.375. The van der Waals surface area contributed by atoms with Crippen LogP contribution in [0.25, 0.3) is 10.6 Å². The molecule has 1 fully saturated rings. The zero-order valence-electron chi connectivity index (χ0n) is 13.5. The molecule has 0 saturated carbocycles. The minimum Gasteiger partial charge on any atom is -0.468 e. The third-order valence-electron chi connectivity index (χ3n) is 4.06. The molecule has 0 spiro atoms. The Labute approximate surface area is 149 Å². The van der Waals surface area contributed by atoms with E-state index in [-0.39, 0.29) is 23.6 Å². The Bertz CT molecular complexity index is 850. The average molecular weight is 382 g/mol. The van der Waals surface area contributed by atoms with Crippen molar-refractivity contribution in [2.45, 2.75) is 29.2 Å². The van der Waals surface area contributed by atoms with Crippen molar-refractivity contribution >= 4 is 27.3 Å². The number of thiophene rings is 1. The molecule has 134 valence electrons. The van der Waals surface area contributed by atoms with Crippen molar-refractivity contribution in [3.8, 4) is 10.6 Å². The molecule has 0 bridgehead atoms. The number of hydrogen-bond acceptors (Lipinski definition) is 7. The molecule has 3 rings (SSSR count). The van der Waals surface area contributed by atoms with Gasteiger partial charge in [0.2, 0.25) is 0 Å². The summed E-state index contributed by atoms with van der Waals surface area (Å²) < 4.78 is 32.0. The van der Waals surface area contributed by atoms with Crippen LogP contribution in [0.1, 0.15) is 12.8 Å². The monoisotopic (exact) mass is 382 g/mol. The number of piperidine rings is 1. The van der Waals surface area contributed by atoms with Crippen molar-refractivity contribution in [3.63, 3.8) is 0 Å². The van der Waals surface area contributed by atoms with E-state index in [4.69, 9.17) is 4.74 Å². The number of ether oxygens (including phenoxy) is 1. The van der Waals surface area contributed by atoms with Crippen LogP contribution in [0.5, 0.6) is 0 Å². The third kappa shape index (κ3) is 3.59. The molecule has 0 aliphatic carbocycles. The number of esters is 1. The summed E-state index contributed by atoms with van der Waals surface area (Å²) >= 11 is 1.10. The van der Waals surface area contributed by atoms with Gasteiger partial charge in [0.1, 0.15) is 10.3 Å². The van der Waals surface area contributed by atoms with Crippen molar-refractivity contribution < 1.29 is 23.1 Å². The lowest BCUT2D eigenvalue weighted by atomic mass is 10.0. The number of hydrogen-bond donors (Lipinski definition) is 1. The molecule has 2 atom stereocenters. The summed E-state index contributed by atoms with van der Waals surface area (Å²) in [5.74, 6) is -0.663. The highest BCUT2D eigenvalue weighted by Crippen LogP contribution is 2.33. The highest BCUT2D eigenvalue weighted by molar-refractivity contribution is 7.91. The van der Waals surface area contributed by atoms with Crippen LogP contribution >= 0.6 is 11.3 Å². The van der Waals surface area contributed by atoms with E-state index in [2.05, 4.69) is 4.98 Å². The van der Waals surface area contributed by atoms with Gasteiger partial charge in [-0.25, -0.2) is 8.42 Å². The highest BCUT2D eigenvalue weighted by atomic mass is 32.2. The summed E-state index contributed by atoms with van der Waals surface area (Å²) in [6.07, 6.45) is 1.24. The molecule has 1 aliphatic rings. The molecule has 25 heavy (non-hydrogen) atoms. The van der Waals surface area contributed by atoms with E-state index < -0.39 is 28.1 Å². The summed E-state index contributed by atoms with van der Waals surface area (Å²) in [5.41, 5.74) is 0.688. The number of aliphatic hydroxyl groups is 1.